The van der Waals surface area contributed by atoms with Crippen molar-refractivity contribution in [1.82, 2.24) is 13.6 Å². The Labute approximate surface area is 150 Å². The van der Waals surface area contributed by atoms with Gasteiger partial charge in [-0.1, -0.05) is 6.07 Å². The highest BCUT2D eigenvalue weighted by Crippen LogP contribution is 2.21. The summed E-state index contributed by atoms with van der Waals surface area (Å²) in [6.07, 6.45) is 0. The van der Waals surface area contributed by atoms with E-state index in [4.69, 9.17) is 0 Å². The Morgan fingerprint density at radius 2 is 1.80 bits per heavy atom. The van der Waals surface area contributed by atoms with Gasteiger partial charge in [-0.2, -0.15) is 8.75 Å². The minimum atomic E-state index is -0.161. The van der Waals surface area contributed by atoms with Crippen LogP contribution in [0, 0.1) is 0 Å². The van der Waals surface area contributed by atoms with Crippen LogP contribution in [0.25, 0.3) is 11.0 Å². The van der Waals surface area contributed by atoms with E-state index in [0.29, 0.717) is 11.1 Å². The molecule has 0 aliphatic carbocycles. The number of benzene rings is 2. The van der Waals surface area contributed by atoms with E-state index >= 15 is 0 Å². The number of rotatable bonds is 3. The number of hydrogen-bond donors (Lipinski definition) is 1. The zero-order chi connectivity index (χ0) is 17.2. The van der Waals surface area contributed by atoms with Crippen LogP contribution in [0.4, 0.5) is 11.4 Å². The standard InChI is InChI=1S/C18H19N5OS/c1-22-9-11-23(12-10-22)14-7-5-13(6-8-14)19-18(24)15-3-2-4-16-17(15)21-25-20-16/h2-8H,9-12H2,1H3,(H,19,24). The first-order valence-corrected chi connectivity index (χ1v) is 9.00. The predicted octanol–water partition coefficient (Wildman–Crippen LogP) is 2.70. The highest BCUT2D eigenvalue weighted by Gasteiger charge is 2.15. The molecule has 0 atom stereocenters. The lowest BCUT2D eigenvalue weighted by atomic mass is 10.1. The molecule has 2 aromatic carbocycles. The fourth-order valence-electron chi connectivity index (χ4n) is 3.01. The second-order valence-electron chi connectivity index (χ2n) is 6.23. The topological polar surface area (TPSA) is 61.4 Å². The van der Waals surface area contributed by atoms with Gasteiger partial charge in [0.1, 0.15) is 11.0 Å². The molecule has 0 spiro atoms. The van der Waals surface area contributed by atoms with Gasteiger partial charge >= 0.3 is 0 Å². The predicted molar refractivity (Wildman–Crippen MR) is 102 cm³/mol. The van der Waals surface area contributed by atoms with Gasteiger partial charge in [0.05, 0.1) is 17.3 Å². The molecule has 25 heavy (non-hydrogen) atoms. The Bertz CT molecular complexity index is 884. The lowest BCUT2D eigenvalue weighted by molar-refractivity contribution is 0.102. The first-order chi connectivity index (χ1) is 12.2. The van der Waals surface area contributed by atoms with Crippen LogP contribution in [0.1, 0.15) is 10.4 Å². The van der Waals surface area contributed by atoms with Crippen LogP contribution in [0.15, 0.2) is 42.5 Å². The summed E-state index contributed by atoms with van der Waals surface area (Å²) >= 11 is 1.12. The normalized spacial score (nSPS) is 15.5. The summed E-state index contributed by atoms with van der Waals surface area (Å²) in [7, 11) is 2.15. The first-order valence-electron chi connectivity index (χ1n) is 8.27. The van der Waals surface area contributed by atoms with E-state index < -0.39 is 0 Å². The Morgan fingerprint density at radius 3 is 2.56 bits per heavy atom. The maximum atomic E-state index is 12.6. The van der Waals surface area contributed by atoms with Crippen molar-refractivity contribution in [1.29, 1.82) is 0 Å². The van der Waals surface area contributed by atoms with Crippen molar-refractivity contribution >= 4 is 40.0 Å². The number of aromatic nitrogens is 2. The maximum Gasteiger partial charge on any atom is 0.257 e. The van der Waals surface area contributed by atoms with Crippen LogP contribution in [0.3, 0.4) is 0 Å². The van der Waals surface area contributed by atoms with E-state index in [-0.39, 0.29) is 5.91 Å². The van der Waals surface area contributed by atoms with Gasteiger partial charge in [0.2, 0.25) is 0 Å². The average molecular weight is 353 g/mol. The van der Waals surface area contributed by atoms with E-state index in [1.807, 2.05) is 24.3 Å². The van der Waals surface area contributed by atoms with Crippen LogP contribution in [0.5, 0.6) is 0 Å². The fraction of sp³-hybridized carbons (Fsp3) is 0.278. The molecule has 0 unspecified atom stereocenters. The van der Waals surface area contributed by atoms with Crippen LogP contribution in [-0.4, -0.2) is 52.8 Å². The summed E-state index contributed by atoms with van der Waals surface area (Å²) < 4.78 is 8.40. The Hall–Kier alpha value is -2.51. The molecule has 4 rings (SSSR count). The molecule has 1 amide bonds. The van der Waals surface area contributed by atoms with Crippen molar-refractivity contribution in [3.8, 4) is 0 Å². The lowest BCUT2D eigenvalue weighted by Gasteiger charge is -2.34. The highest BCUT2D eigenvalue weighted by atomic mass is 32.1. The van der Waals surface area contributed by atoms with Gasteiger partial charge in [0.15, 0.2) is 0 Å². The third-order valence-corrected chi connectivity index (χ3v) is 5.07. The second-order valence-corrected chi connectivity index (χ2v) is 6.76. The molecule has 2 heterocycles. The first kappa shape index (κ1) is 16.0. The number of nitrogens with zero attached hydrogens (tertiary/aromatic N) is 4. The van der Waals surface area contributed by atoms with Crippen LogP contribution < -0.4 is 10.2 Å². The average Bonchev–Trinajstić information content (AvgIpc) is 3.12. The minimum Gasteiger partial charge on any atom is -0.369 e. The summed E-state index contributed by atoms with van der Waals surface area (Å²) in [5.74, 6) is -0.161. The molecule has 1 aliphatic heterocycles. The number of carbonyl (C=O) groups is 1. The van der Waals surface area contributed by atoms with Crippen molar-refractivity contribution in [2.24, 2.45) is 0 Å². The molecule has 1 saturated heterocycles. The van der Waals surface area contributed by atoms with E-state index in [2.05, 4.69) is 43.0 Å². The summed E-state index contributed by atoms with van der Waals surface area (Å²) in [6.45, 7) is 4.20. The number of likely N-dealkylation sites (N-methyl/N-ethyl adjacent to an activating group) is 1. The molecule has 1 fully saturated rings. The minimum absolute atomic E-state index is 0.161. The molecule has 0 radical (unpaired) electrons. The summed E-state index contributed by atoms with van der Waals surface area (Å²) in [6, 6.07) is 13.5. The van der Waals surface area contributed by atoms with Gasteiger partial charge < -0.3 is 15.1 Å². The van der Waals surface area contributed by atoms with Gasteiger partial charge in [-0.25, -0.2) is 0 Å². The number of hydrogen-bond acceptors (Lipinski definition) is 6. The van der Waals surface area contributed by atoms with Crippen molar-refractivity contribution < 1.29 is 4.79 Å². The fourth-order valence-corrected chi connectivity index (χ4v) is 3.56. The summed E-state index contributed by atoms with van der Waals surface area (Å²) in [5, 5.41) is 2.95. The SMILES string of the molecule is CN1CCN(c2ccc(NC(=O)c3cccc4nsnc34)cc2)CC1. The maximum absolute atomic E-state index is 12.6. The molecule has 3 aromatic rings. The van der Waals surface area contributed by atoms with Gasteiger partial charge in [-0.15, -0.1) is 0 Å². The van der Waals surface area contributed by atoms with Crippen molar-refractivity contribution in [2.75, 3.05) is 43.4 Å². The number of anilines is 2. The summed E-state index contributed by atoms with van der Waals surface area (Å²) in [4.78, 5) is 17.3. The van der Waals surface area contributed by atoms with E-state index in [1.165, 1.54) is 5.69 Å². The Balaban J connectivity index is 1.47. The Kier molecular flexibility index (Phi) is 4.33. The zero-order valence-corrected chi connectivity index (χ0v) is 14.8. The quantitative estimate of drug-likeness (QED) is 0.784. The second kappa shape index (κ2) is 6.78. The van der Waals surface area contributed by atoms with Crippen molar-refractivity contribution in [3.05, 3.63) is 48.0 Å². The molecule has 7 heteroatoms. The van der Waals surface area contributed by atoms with Gasteiger partial charge in [0.25, 0.3) is 5.91 Å². The molecule has 6 nitrogen and oxygen atoms in total. The molecule has 1 N–H and O–H groups in total. The number of nitrogens with one attached hydrogen (secondary N) is 1. The van der Waals surface area contributed by atoms with Crippen LogP contribution in [0.2, 0.25) is 0 Å². The molecule has 0 bridgehead atoms. The van der Waals surface area contributed by atoms with Crippen LogP contribution >= 0.6 is 11.7 Å². The van der Waals surface area contributed by atoms with Crippen molar-refractivity contribution in [3.63, 3.8) is 0 Å². The van der Waals surface area contributed by atoms with Gasteiger partial charge in [-0.3, -0.25) is 4.79 Å². The smallest absolute Gasteiger partial charge is 0.257 e. The summed E-state index contributed by atoms with van der Waals surface area (Å²) in [5.41, 5.74) is 3.93. The van der Waals surface area contributed by atoms with Crippen molar-refractivity contribution in [2.45, 2.75) is 0 Å². The molecule has 128 valence electrons. The molecule has 0 saturated carbocycles. The number of fused-ring (bicyclic) bond motifs is 1. The highest BCUT2D eigenvalue weighted by molar-refractivity contribution is 7.00. The third kappa shape index (κ3) is 3.33. The third-order valence-electron chi connectivity index (χ3n) is 4.52. The molecule has 1 aliphatic rings. The Morgan fingerprint density at radius 1 is 1.04 bits per heavy atom. The van der Waals surface area contributed by atoms with Crippen LogP contribution in [-0.2, 0) is 0 Å². The van der Waals surface area contributed by atoms with Gasteiger partial charge in [-0.05, 0) is 43.4 Å². The number of piperazine rings is 1. The van der Waals surface area contributed by atoms with E-state index in [9.17, 15) is 4.79 Å². The molecular formula is C18H19N5OS. The van der Waals surface area contributed by atoms with Gasteiger partial charge in [0, 0.05) is 37.6 Å². The molecular weight excluding hydrogens is 334 g/mol. The lowest BCUT2D eigenvalue weighted by Crippen LogP contribution is -2.44. The monoisotopic (exact) mass is 353 g/mol. The number of carbonyl (C=O) groups excluding carboxylic acids is 1. The van der Waals surface area contributed by atoms with E-state index in [1.54, 1.807) is 6.07 Å². The zero-order valence-electron chi connectivity index (χ0n) is 14.0. The molecule has 1 aromatic heterocycles. The largest absolute Gasteiger partial charge is 0.369 e. The number of amides is 1. The van der Waals surface area contributed by atoms with E-state index in [0.717, 1.165) is 49.1 Å².